The molecule has 0 saturated heterocycles. The third kappa shape index (κ3) is 58.9. The van der Waals surface area contributed by atoms with Gasteiger partial charge in [-0.1, -0.05) is 296 Å². The van der Waals surface area contributed by atoms with Crippen molar-refractivity contribution in [1.29, 1.82) is 0 Å². The maximum Gasteiger partial charge on any atom is 0.306 e. The van der Waals surface area contributed by atoms with Crippen LogP contribution in [0.2, 0.25) is 0 Å². The number of nitrogens with zero attached hydrogens (tertiary/aromatic N) is 1. The number of phosphoric ester groups is 1. The standard InChI is InChI=1S/C67H131N2O7P/c1-7-10-13-16-19-22-25-27-28-29-30-31-32-33-34-35-36-37-38-39-40-42-45-48-51-54-57-60-67(71)76-65(58-55-52-49-46-43-24-21-18-15-12-9-3)64(63-75-77(72,73)74-62-61-69(4,5)6)68-66(70)59-56-53-50-47-44-41-26-23-20-17-14-11-8-2/h41,44,55,58,64-65H,7-40,42-43,45-54,56-57,59-63H2,1-6H3,(H-,68,70,72,73)/b44-41-,58-55-. The molecule has 0 aromatic rings. The molecule has 0 aliphatic rings. The highest BCUT2D eigenvalue weighted by Crippen LogP contribution is 2.38. The third-order valence-corrected chi connectivity index (χ3v) is 16.3. The number of carbonyl (C=O) groups is 2. The molecule has 0 fully saturated rings. The summed E-state index contributed by atoms with van der Waals surface area (Å²) in [5.41, 5.74) is 0. The molecular weight excluding hydrogens is 976 g/mol. The zero-order valence-electron chi connectivity index (χ0n) is 52.2. The minimum absolute atomic E-state index is 0.0216. The minimum atomic E-state index is -4.70. The van der Waals surface area contributed by atoms with Gasteiger partial charge in [0.1, 0.15) is 19.3 Å². The number of hydrogen-bond donors (Lipinski definition) is 1. The summed E-state index contributed by atoms with van der Waals surface area (Å²) in [7, 11) is 1.19. The normalized spacial score (nSPS) is 13.7. The molecule has 0 aliphatic heterocycles. The number of quaternary nitrogens is 1. The van der Waals surface area contributed by atoms with Crippen LogP contribution in [-0.2, 0) is 27.9 Å². The summed E-state index contributed by atoms with van der Waals surface area (Å²) < 4.78 is 30.3. The highest BCUT2D eigenvalue weighted by Gasteiger charge is 2.27. The van der Waals surface area contributed by atoms with Crippen LogP contribution in [0.3, 0.4) is 0 Å². The first kappa shape index (κ1) is 75.5. The highest BCUT2D eigenvalue weighted by atomic mass is 31.2. The summed E-state index contributed by atoms with van der Waals surface area (Å²) in [5, 5.41) is 3.02. The van der Waals surface area contributed by atoms with Crippen LogP contribution in [0.15, 0.2) is 24.3 Å². The Balaban J connectivity index is 4.92. The van der Waals surface area contributed by atoms with Crippen LogP contribution < -0.4 is 10.2 Å². The second-order valence-corrected chi connectivity index (χ2v) is 25.7. The fourth-order valence-corrected chi connectivity index (χ4v) is 10.9. The number of carbonyl (C=O) groups excluding carboxylic acids is 2. The Hall–Kier alpha value is -1.51. The molecule has 1 amide bonds. The quantitative estimate of drug-likeness (QED) is 0.0212. The predicted octanol–water partition coefficient (Wildman–Crippen LogP) is 20.3. The zero-order valence-corrected chi connectivity index (χ0v) is 53.1. The number of allylic oxidation sites excluding steroid dienone is 3. The number of phosphoric acid groups is 1. The van der Waals surface area contributed by atoms with Crippen molar-refractivity contribution in [1.82, 2.24) is 5.32 Å². The Bertz CT molecular complexity index is 1370. The van der Waals surface area contributed by atoms with Gasteiger partial charge in [0.2, 0.25) is 5.91 Å². The molecule has 3 atom stereocenters. The molecule has 9 nitrogen and oxygen atoms in total. The van der Waals surface area contributed by atoms with Gasteiger partial charge >= 0.3 is 5.97 Å². The van der Waals surface area contributed by atoms with Gasteiger partial charge in [0.25, 0.3) is 7.82 Å². The predicted molar refractivity (Wildman–Crippen MR) is 330 cm³/mol. The van der Waals surface area contributed by atoms with Gasteiger partial charge in [0.15, 0.2) is 0 Å². The van der Waals surface area contributed by atoms with E-state index in [2.05, 4.69) is 38.2 Å². The van der Waals surface area contributed by atoms with Crippen LogP contribution in [0.25, 0.3) is 0 Å². The lowest BCUT2D eigenvalue weighted by molar-refractivity contribution is -0.870. The van der Waals surface area contributed by atoms with E-state index in [1.165, 1.54) is 238 Å². The maximum absolute atomic E-state index is 13.5. The Morgan fingerprint density at radius 2 is 0.753 bits per heavy atom. The van der Waals surface area contributed by atoms with Crippen LogP contribution in [0.4, 0.5) is 0 Å². The van der Waals surface area contributed by atoms with Gasteiger partial charge in [-0.05, 0) is 57.4 Å². The summed E-state index contributed by atoms with van der Waals surface area (Å²) in [6.45, 7) is 6.86. The smallest absolute Gasteiger partial charge is 0.306 e. The summed E-state index contributed by atoms with van der Waals surface area (Å²) in [6, 6.07) is -0.890. The molecule has 0 spiro atoms. The second-order valence-electron chi connectivity index (χ2n) is 24.3. The molecule has 77 heavy (non-hydrogen) atoms. The lowest BCUT2D eigenvalue weighted by atomic mass is 10.0. The van der Waals surface area contributed by atoms with E-state index < -0.39 is 20.0 Å². The first-order valence-electron chi connectivity index (χ1n) is 33.6. The highest BCUT2D eigenvalue weighted by molar-refractivity contribution is 7.45. The van der Waals surface area contributed by atoms with Crippen LogP contribution >= 0.6 is 7.82 Å². The van der Waals surface area contributed by atoms with Crippen LogP contribution in [0.1, 0.15) is 342 Å². The molecule has 0 aliphatic carbocycles. The van der Waals surface area contributed by atoms with Crippen molar-refractivity contribution in [2.24, 2.45) is 0 Å². The molecule has 0 aromatic carbocycles. The molecule has 0 aromatic heterocycles. The molecule has 1 N–H and O–H groups in total. The molecule has 456 valence electrons. The zero-order chi connectivity index (χ0) is 56.4. The summed E-state index contributed by atoms with van der Waals surface area (Å²) in [4.78, 5) is 40.0. The van der Waals surface area contributed by atoms with E-state index in [1.807, 2.05) is 33.3 Å². The molecule has 0 bridgehead atoms. The maximum atomic E-state index is 13.5. The van der Waals surface area contributed by atoms with Gasteiger partial charge in [-0.3, -0.25) is 14.2 Å². The van der Waals surface area contributed by atoms with Crippen molar-refractivity contribution in [3.8, 4) is 0 Å². The number of likely N-dealkylation sites (N-methyl/N-ethyl adjacent to an activating group) is 1. The van der Waals surface area contributed by atoms with Crippen LogP contribution in [-0.4, -0.2) is 69.4 Å². The Labute approximate surface area is 479 Å². The van der Waals surface area contributed by atoms with E-state index in [-0.39, 0.29) is 31.5 Å². The SMILES string of the molecule is CCCCCCCC/C=C\CCCCCC(=O)NC(COP(=O)([O-])OCC[N+](C)(C)C)C(/C=C\CCCCCCCCCCC)OC(=O)CCCCCCCCCCCCCCCCCCCCCCCCCCCCC. The molecule has 0 heterocycles. The number of esters is 1. The molecule has 10 heteroatoms. The fraction of sp³-hybridized carbons (Fsp3) is 0.910. The van der Waals surface area contributed by atoms with Gasteiger partial charge < -0.3 is 28.5 Å². The topological polar surface area (TPSA) is 114 Å². The number of rotatable bonds is 62. The number of nitrogens with one attached hydrogen (secondary N) is 1. The average Bonchev–Trinajstić information content (AvgIpc) is 3.39. The van der Waals surface area contributed by atoms with Crippen LogP contribution in [0, 0.1) is 0 Å². The van der Waals surface area contributed by atoms with E-state index in [0.717, 1.165) is 70.6 Å². The van der Waals surface area contributed by atoms with E-state index >= 15 is 0 Å². The van der Waals surface area contributed by atoms with E-state index in [4.69, 9.17) is 13.8 Å². The first-order chi connectivity index (χ1) is 37.4. The fourth-order valence-electron chi connectivity index (χ4n) is 10.2. The number of hydrogen-bond acceptors (Lipinski definition) is 7. The van der Waals surface area contributed by atoms with E-state index in [0.29, 0.717) is 17.4 Å². The van der Waals surface area contributed by atoms with Gasteiger partial charge in [-0.15, -0.1) is 0 Å². The van der Waals surface area contributed by atoms with Gasteiger partial charge in [-0.25, -0.2) is 0 Å². The Morgan fingerprint density at radius 3 is 1.12 bits per heavy atom. The van der Waals surface area contributed by atoms with Crippen molar-refractivity contribution in [3.63, 3.8) is 0 Å². The van der Waals surface area contributed by atoms with Crippen molar-refractivity contribution in [2.75, 3.05) is 40.9 Å². The van der Waals surface area contributed by atoms with Crippen molar-refractivity contribution in [3.05, 3.63) is 24.3 Å². The van der Waals surface area contributed by atoms with Crippen molar-refractivity contribution >= 4 is 19.7 Å². The van der Waals surface area contributed by atoms with Crippen molar-refractivity contribution < 1.29 is 37.3 Å². The minimum Gasteiger partial charge on any atom is -0.756 e. The van der Waals surface area contributed by atoms with E-state index in [1.54, 1.807) is 0 Å². The summed E-state index contributed by atoms with van der Waals surface area (Å²) in [5.74, 6) is -0.543. The summed E-state index contributed by atoms with van der Waals surface area (Å²) in [6.07, 6.45) is 68.9. The van der Waals surface area contributed by atoms with Gasteiger partial charge in [0.05, 0.1) is 33.8 Å². The van der Waals surface area contributed by atoms with E-state index in [9.17, 15) is 19.0 Å². The Morgan fingerprint density at radius 1 is 0.442 bits per heavy atom. The average molecular weight is 1110 g/mol. The van der Waals surface area contributed by atoms with Gasteiger partial charge in [-0.2, -0.15) is 0 Å². The number of amides is 1. The molecule has 0 rings (SSSR count). The molecule has 0 saturated carbocycles. The Kier molecular flexibility index (Phi) is 56.6. The largest absolute Gasteiger partial charge is 0.756 e. The molecular formula is C67H131N2O7P. The summed E-state index contributed by atoms with van der Waals surface area (Å²) >= 11 is 0. The lowest BCUT2D eigenvalue weighted by Crippen LogP contribution is -2.47. The second kappa shape index (κ2) is 57.7. The number of ether oxygens (including phenoxy) is 1. The molecule has 0 radical (unpaired) electrons. The monoisotopic (exact) mass is 1110 g/mol. The lowest BCUT2D eigenvalue weighted by Gasteiger charge is -2.30. The molecule has 3 unspecified atom stereocenters. The van der Waals surface area contributed by atoms with Gasteiger partial charge in [0, 0.05) is 12.8 Å². The number of unbranched alkanes of at least 4 members (excludes halogenated alkanes) is 44. The third-order valence-electron chi connectivity index (χ3n) is 15.4. The van der Waals surface area contributed by atoms with Crippen LogP contribution in [0.5, 0.6) is 0 Å². The first-order valence-corrected chi connectivity index (χ1v) is 35.1. The van der Waals surface area contributed by atoms with Crippen molar-refractivity contribution in [2.45, 2.75) is 354 Å².